The maximum atomic E-state index is 15.4. The summed E-state index contributed by atoms with van der Waals surface area (Å²) in [6.07, 6.45) is 1.20. The Morgan fingerprint density at radius 2 is 1.30 bits per heavy atom. The first-order chi connectivity index (χ1) is 47.8. The van der Waals surface area contributed by atoms with Crippen molar-refractivity contribution in [3.8, 4) is 0 Å². The molecule has 2 aromatic carbocycles. The van der Waals surface area contributed by atoms with Gasteiger partial charge in [0.05, 0.1) is 22.9 Å². The van der Waals surface area contributed by atoms with Crippen LogP contribution in [-0.4, -0.2) is 256 Å². The molecule has 0 spiro atoms. The zero-order chi connectivity index (χ0) is 76.0. The molecule has 9 atom stereocenters. The molecule has 12 amide bonds. The topological polar surface area (TPSA) is 284 Å². The molecule has 102 heavy (non-hydrogen) atoms. The van der Waals surface area contributed by atoms with Gasteiger partial charge in [-0.1, -0.05) is 107 Å². The number of likely N-dealkylation sites (tertiary alicyclic amines) is 2. The third kappa shape index (κ3) is 20.9. The molecule has 29 heteroatoms. The lowest BCUT2D eigenvalue weighted by Crippen LogP contribution is -2.65. The lowest BCUT2D eigenvalue weighted by Gasteiger charge is -2.44. The van der Waals surface area contributed by atoms with Gasteiger partial charge >= 0.3 is 6.18 Å². The quantitative estimate of drug-likeness (QED) is 0.0747. The van der Waals surface area contributed by atoms with Crippen LogP contribution in [0.15, 0.2) is 42.5 Å². The first-order valence-electron chi connectivity index (χ1n) is 35.6. The van der Waals surface area contributed by atoms with Crippen molar-refractivity contribution in [2.45, 2.75) is 211 Å². The van der Waals surface area contributed by atoms with Gasteiger partial charge in [-0.2, -0.15) is 13.2 Å². The van der Waals surface area contributed by atoms with E-state index in [9.17, 15) is 51.5 Å². The van der Waals surface area contributed by atoms with Crippen LogP contribution in [-0.2, 0) is 76.6 Å². The van der Waals surface area contributed by atoms with Crippen LogP contribution >= 0.6 is 23.4 Å². The van der Waals surface area contributed by atoms with E-state index < -0.39 is 142 Å². The fourth-order valence-corrected chi connectivity index (χ4v) is 15.6. The summed E-state index contributed by atoms with van der Waals surface area (Å²) >= 11 is 7.27. The summed E-state index contributed by atoms with van der Waals surface area (Å²) in [7, 11) is 12.0. The molecule has 2 aliphatic heterocycles. The Bertz CT molecular complexity index is 3350. The normalized spacial score (nSPS) is 18.7. The second-order valence-electron chi connectivity index (χ2n) is 29.2. The number of hydrogen-bond acceptors (Lipinski definition) is 13. The van der Waals surface area contributed by atoms with Crippen LogP contribution in [0, 0.1) is 24.7 Å². The van der Waals surface area contributed by atoms with Gasteiger partial charge in [-0.15, -0.1) is 11.8 Å². The second-order valence-corrected chi connectivity index (χ2v) is 30.6. The fourth-order valence-electron chi connectivity index (χ4n) is 14.2. The fraction of sp³-hybridized carbons (Fsp3) is 0.671. The Morgan fingerprint density at radius 3 is 1.86 bits per heavy atom. The zero-order valence-corrected chi connectivity index (χ0v) is 63.4. The molecule has 2 saturated carbocycles. The average Bonchev–Trinajstić information content (AvgIpc) is 1.37. The number of carbonyl (C=O) groups is 12. The monoisotopic (exact) mass is 1470 g/mol. The molecular formula is C73H108ClF3N12O12S. The maximum absolute atomic E-state index is 15.4. The molecular weight excluding hydrogens is 1360 g/mol. The molecule has 2 aromatic rings. The predicted octanol–water partition coefficient (Wildman–Crippen LogP) is 5.94. The summed E-state index contributed by atoms with van der Waals surface area (Å²) in [6, 6.07) is 1.75. The van der Waals surface area contributed by atoms with Crippen LogP contribution in [0.25, 0.3) is 0 Å². The summed E-state index contributed by atoms with van der Waals surface area (Å²) < 4.78 is 41.7. The average molecular weight is 1470 g/mol. The Balaban J connectivity index is 1.23. The molecule has 2 aliphatic carbocycles. The van der Waals surface area contributed by atoms with E-state index in [0.29, 0.717) is 50.5 Å². The number of benzene rings is 2. The number of aryl methyl sites for hydroxylation is 2. The molecule has 1 unspecified atom stereocenters. The highest BCUT2D eigenvalue weighted by molar-refractivity contribution is 8.00. The van der Waals surface area contributed by atoms with Crippen molar-refractivity contribution in [3.05, 3.63) is 69.7 Å². The summed E-state index contributed by atoms with van der Waals surface area (Å²) in [4.78, 5) is 183. The minimum Gasteiger partial charge on any atom is -0.368 e. The number of likely N-dealkylation sites (N-methyl/N-ethyl adjacent to an activating group) is 7. The van der Waals surface area contributed by atoms with Crippen molar-refractivity contribution < 1.29 is 70.7 Å². The van der Waals surface area contributed by atoms with E-state index in [1.165, 1.54) is 80.5 Å². The van der Waals surface area contributed by atoms with Gasteiger partial charge in [0.15, 0.2) is 0 Å². The molecule has 6 rings (SSSR count). The molecule has 24 nitrogen and oxygen atoms in total. The number of primary amides is 1. The third-order valence-electron chi connectivity index (χ3n) is 21.1. The van der Waals surface area contributed by atoms with E-state index in [1.54, 1.807) is 28.1 Å². The van der Waals surface area contributed by atoms with Crippen molar-refractivity contribution in [1.29, 1.82) is 0 Å². The van der Waals surface area contributed by atoms with Crippen molar-refractivity contribution in [1.82, 2.24) is 54.7 Å². The Kier molecular flexibility index (Phi) is 30.1. The highest BCUT2D eigenvalue weighted by Gasteiger charge is 2.51. The van der Waals surface area contributed by atoms with E-state index in [1.807, 2.05) is 58.9 Å². The second kappa shape index (κ2) is 36.8. The Hall–Kier alpha value is -7.49. The molecule has 2 heterocycles. The number of alkyl halides is 3. The number of thioether (sulfide) groups is 1. The standard InChI is InChI=1S/C73H108ClF3N12O12S/c1-15-45(4)38-60(91)83(10)47(6)65(95)89-36-32-55(89)69(99)85(12)57(40-49-26-24-46(5)25-27-49)68(98)82(9)41-59(90)79-53(31-29-48-28-30-51(52(74)39-48)73(75,76)77)66(96)88-35-20-23-54(88)64(94)80-72(33-18-19-34-72)71(101)87(14)62(50-21-16-17-22-50)70(100)86(13)58(67(97)81(7)8)42-102-43-61(92)84(11)56(63(78)93)37-44(2)3/h24-28,30,39,44-45,47,50,53-58,62H,15-23,29,31-38,40-43H2,1-14H3,(H2,78,93)(H,79,90)(H,80,94)/t45-,47-,53-,54-,55-,56-,57-,58-,62?/m0/s1. The lowest BCUT2D eigenvalue weighted by atomic mass is 9.90. The maximum Gasteiger partial charge on any atom is 0.417 e. The molecule has 0 radical (unpaired) electrons. The van der Waals surface area contributed by atoms with Gasteiger partial charge in [0, 0.05) is 88.1 Å². The van der Waals surface area contributed by atoms with Crippen molar-refractivity contribution in [2.75, 3.05) is 87.5 Å². The van der Waals surface area contributed by atoms with E-state index in [4.69, 9.17) is 17.3 Å². The van der Waals surface area contributed by atoms with E-state index in [0.717, 1.165) is 53.6 Å². The smallest absolute Gasteiger partial charge is 0.368 e. The lowest BCUT2D eigenvalue weighted by molar-refractivity contribution is -0.159. The molecule has 0 aromatic heterocycles. The van der Waals surface area contributed by atoms with E-state index in [-0.39, 0.29) is 98.8 Å². The molecule has 4 N–H and O–H groups in total. The van der Waals surface area contributed by atoms with E-state index in [2.05, 4.69) is 10.6 Å². The van der Waals surface area contributed by atoms with Gasteiger partial charge in [0.25, 0.3) is 0 Å². The van der Waals surface area contributed by atoms with Gasteiger partial charge in [-0.05, 0) is 119 Å². The summed E-state index contributed by atoms with van der Waals surface area (Å²) in [5.74, 6) is -6.89. The van der Waals surface area contributed by atoms with Gasteiger partial charge in [-0.3, -0.25) is 57.5 Å². The number of hydrogen-bond donors (Lipinski definition) is 3. The SMILES string of the molecule is CC[C@H](C)CC(=O)N(C)[C@@H](C)C(=O)N1CC[C@H]1C(=O)N(C)[C@@H](Cc1ccc(C)cc1)C(=O)N(C)CC(=O)N[C@@H](CCc1ccc(C(F)(F)F)c(Cl)c1)C(=O)N1CCC[C@H]1C(=O)NC1(C(=O)N(C)C(C(=O)N(C)[C@@H](CSCC(=O)N(C)[C@@H](CC(C)C)C(N)=O)C(=O)N(C)C)C2CCCC2)CCCC1. The number of rotatable bonds is 33. The van der Waals surface area contributed by atoms with Crippen molar-refractivity contribution in [3.63, 3.8) is 0 Å². The van der Waals surface area contributed by atoms with Crippen LogP contribution < -0.4 is 16.4 Å². The predicted molar refractivity (Wildman–Crippen MR) is 383 cm³/mol. The minimum absolute atomic E-state index is 0.00282. The van der Waals surface area contributed by atoms with Crippen LogP contribution in [0.3, 0.4) is 0 Å². The summed E-state index contributed by atoms with van der Waals surface area (Å²) in [6.45, 7) is 10.8. The largest absolute Gasteiger partial charge is 0.417 e. The number of halogens is 4. The molecule has 2 saturated heterocycles. The molecule has 4 aliphatic rings. The van der Waals surface area contributed by atoms with Crippen molar-refractivity contribution >= 4 is 94.2 Å². The van der Waals surface area contributed by atoms with Crippen LogP contribution in [0.1, 0.15) is 153 Å². The van der Waals surface area contributed by atoms with Crippen molar-refractivity contribution in [2.24, 2.45) is 23.5 Å². The first-order valence-corrected chi connectivity index (χ1v) is 37.2. The highest BCUT2D eigenvalue weighted by Crippen LogP contribution is 2.38. The first kappa shape index (κ1) is 83.5. The molecule has 0 bridgehead atoms. The van der Waals surface area contributed by atoms with Crippen LogP contribution in [0.2, 0.25) is 5.02 Å². The van der Waals surface area contributed by atoms with Crippen LogP contribution in [0.4, 0.5) is 13.2 Å². The van der Waals surface area contributed by atoms with Gasteiger partial charge < -0.3 is 60.5 Å². The third-order valence-corrected chi connectivity index (χ3v) is 22.4. The van der Waals surface area contributed by atoms with Crippen LogP contribution in [0.5, 0.6) is 0 Å². The molecule has 566 valence electrons. The minimum atomic E-state index is -4.77. The van der Waals surface area contributed by atoms with Gasteiger partial charge in [0.2, 0.25) is 70.9 Å². The van der Waals surface area contributed by atoms with Gasteiger partial charge in [0.1, 0.15) is 53.9 Å². The Morgan fingerprint density at radius 1 is 0.686 bits per heavy atom. The number of nitrogens with zero attached hydrogens (tertiary/aromatic N) is 9. The highest BCUT2D eigenvalue weighted by atomic mass is 35.5. The summed E-state index contributed by atoms with van der Waals surface area (Å²) in [5.41, 5.74) is 4.96. The number of nitrogens with two attached hydrogens (primary N) is 1. The zero-order valence-electron chi connectivity index (χ0n) is 61.9. The van der Waals surface area contributed by atoms with E-state index >= 15 is 19.2 Å². The Labute approximate surface area is 608 Å². The summed E-state index contributed by atoms with van der Waals surface area (Å²) in [5, 5.41) is 5.22. The number of amides is 12. The molecule has 4 fully saturated rings. The number of nitrogens with one attached hydrogen (secondary N) is 2. The van der Waals surface area contributed by atoms with Gasteiger partial charge in [-0.25, -0.2) is 0 Å². The number of carbonyl (C=O) groups excluding carboxylic acids is 12.